The Hall–Kier alpha value is -2.09. The molecule has 0 aromatic heterocycles. The van der Waals surface area contributed by atoms with Crippen LogP contribution in [0.3, 0.4) is 0 Å². The van der Waals surface area contributed by atoms with Crippen LogP contribution >= 0.6 is 0 Å². The van der Waals surface area contributed by atoms with Crippen molar-refractivity contribution in [3.8, 4) is 0 Å². The lowest BCUT2D eigenvalue weighted by molar-refractivity contribution is 0.294. The van der Waals surface area contributed by atoms with E-state index in [1.807, 2.05) is 18.2 Å². The molecule has 0 fully saturated rings. The van der Waals surface area contributed by atoms with Crippen molar-refractivity contribution in [3.05, 3.63) is 65.7 Å². The topological polar surface area (TPSA) is 21.6 Å². The predicted molar refractivity (Wildman–Crippen MR) is 108 cm³/mol. The Morgan fingerprint density at radius 1 is 0.800 bits per heavy atom. The molecule has 0 N–H and O–H groups in total. The summed E-state index contributed by atoms with van der Waals surface area (Å²) in [6.07, 6.45) is 8.40. The molecule has 0 unspecified atom stereocenters. The van der Waals surface area contributed by atoms with Gasteiger partial charge >= 0.3 is 0 Å². The van der Waals surface area contributed by atoms with E-state index in [0.717, 1.165) is 36.6 Å². The lowest BCUT2D eigenvalue weighted by Gasteiger charge is -2.10. The maximum atomic E-state index is 6.02. The number of hydrogen-bond acceptors (Lipinski definition) is 2. The van der Waals surface area contributed by atoms with Gasteiger partial charge in [0.25, 0.3) is 0 Å². The molecule has 2 heteroatoms. The SMILES string of the molecule is CCCCCCOC(=Nc1ccc(CCCC)cc1)c1ccccc1. The molecule has 0 aliphatic carbocycles. The molecule has 0 heterocycles. The third-order valence-corrected chi connectivity index (χ3v) is 4.24. The van der Waals surface area contributed by atoms with Gasteiger partial charge in [-0.25, -0.2) is 4.99 Å². The first-order valence-electron chi connectivity index (χ1n) is 9.69. The van der Waals surface area contributed by atoms with Crippen LogP contribution in [-0.4, -0.2) is 12.5 Å². The Bertz CT molecular complexity index is 616. The molecule has 2 nitrogen and oxygen atoms in total. The largest absolute Gasteiger partial charge is 0.477 e. The highest BCUT2D eigenvalue weighted by molar-refractivity contribution is 5.95. The van der Waals surface area contributed by atoms with E-state index >= 15 is 0 Å². The van der Waals surface area contributed by atoms with Crippen molar-refractivity contribution in [2.24, 2.45) is 4.99 Å². The van der Waals surface area contributed by atoms with Crippen LogP contribution in [-0.2, 0) is 11.2 Å². The van der Waals surface area contributed by atoms with Crippen molar-refractivity contribution in [3.63, 3.8) is 0 Å². The highest BCUT2D eigenvalue weighted by Crippen LogP contribution is 2.17. The summed E-state index contributed by atoms with van der Waals surface area (Å²) in [6, 6.07) is 18.7. The van der Waals surface area contributed by atoms with Crippen LogP contribution in [0.1, 0.15) is 63.5 Å². The van der Waals surface area contributed by atoms with Crippen molar-refractivity contribution < 1.29 is 4.74 Å². The summed E-state index contributed by atoms with van der Waals surface area (Å²) in [6.45, 7) is 5.17. The molecule has 2 aromatic carbocycles. The maximum Gasteiger partial charge on any atom is 0.221 e. The zero-order chi connectivity index (χ0) is 17.7. The molecule has 0 radical (unpaired) electrons. The van der Waals surface area contributed by atoms with Gasteiger partial charge in [0.05, 0.1) is 12.3 Å². The van der Waals surface area contributed by atoms with Crippen LogP contribution in [0.5, 0.6) is 0 Å². The number of benzene rings is 2. The Kier molecular flexibility index (Phi) is 8.82. The van der Waals surface area contributed by atoms with Gasteiger partial charge in [0.2, 0.25) is 5.90 Å². The lowest BCUT2D eigenvalue weighted by atomic mass is 10.1. The van der Waals surface area contributed by atoms with Gasteiger partial charge in [-0.05, 0) is 49.1 Å². The molecular weight excluding hydrogens is 306 g/mol. The minimum Gasteiger partial charge on any atom is -0.477 e. The Labute approximate surface area is 153 Å². The third-order valence-electron chi connectivity index (χ3n) is 4.24. The maximum absolute atomic E-state index is 6.02. The van der Waals surface area contributed by atoms with Gasteiger partial charge in [0.15, 0.2) is 0 Å². The van der Waals surface area contributed by atoms with Gasteiger partial charge in [0.1, 0.15) is 0 Å². The summed E-state index contributed by atoms with van der Waals surface area (Å²) in [5, 5.41) is 0. The number of hydrogen-bond donors (Lipinski definition) is 0. The third kappa shape index (κ3) is 7.13. The zero-order valence-electron chi connectivity index (χ0n) is 15.7. The summed E-state index contributed by atoms with van der Waals surface area (Å²) in [5.41, 5.74) is 3.36. The molecule has 0 spiro atoms. The number of rotatable bonds is 10. The monoisotopic (exact) mass is 337 g/mol. The van der Waals surface area contributed by atoms with Crippen LogP contribution in [0.15, 0.2) is 59.6 Å². The molecule has 0 bridgehead atoms. The molecule has 2 rings (SSSR count). The van der Waals surface area contributed by atoms with Gasteiger partial charge < -0.3 is 4.74 Å². The summed E-state index contributed by atoms with van der Waals surface area (Å²) < 4.78 is 6.02. The average molecular weight is 338 g/mol. The molecule has 134 valence electrons. The van der Waals surface area contributed by atoms with E-state index in [-0.39, 0.29) is 0 Å². The molecule has 0 saturated heterocycles. The van der Waals surface area contributed by atoms with Crippen molar-refractivity contribution in [2.75, 3.05) is 6.61 Å². The summed E-state index contributed by atoms with van der Waals surface area (Å²) >= 11 is 0. The fourth-order valence-electron chi connectivity index (χ4n) is 2.69. The minimum atomic E-state index is 0.721. The highest BCUT2D eigenvalue weighted by Gasteiger charge is 2.05. The van der Waals surface area contributed by atoms with Crippen molar-refractivity contribution in [2.45, 2.75) is 58.8 Å². The number of aliphatic imine (C=N–C) groups is 1. The molecule has 0 amide bonds. The molecular formula is C23H31NO. The molecule has 2 aromatic rings. The predicted octanol–water partition coefficient (Wildman–Crippen LogP) is 6.70. The van der Waals surface area contributed by atoms with Crippen LogP contribution in [0.25, 0.3) is 0 Å². The standard InChI is InChI=1S/C23H31NO/c1-3-5-7-11-19-25-23(21-13-9-8-10-14-21)24-22-17-15-20(16-18-22)12-6-4-2/h8-10,13-18H,3-7,11-12,19H2,1-2H3. The minimum absolute atomic E-state index is 0.721. The Balaban J connectivity index is 2.06. The molecule has 0 saturated carbocycles. The van der Waals surface area contributed by atoms with Gasteiger partial charge in [-0.15, -0.1) is 0 Å². The number of aryl methyl sites for hydroxylation is 1. The van der Waals surface area contributed by atoms with E-state index < -0.39 is 0 Å². The van der Waals surface area contributed by atoms with Gasteiger partial charge in [0, 0.05) is 5.56 Å². The second-order valence-corrected chi connectivity index (χ2v) is 6.46. The van der Waals surface area contributed by atoms with Crippen LogP contribution in [0.4, 0.5) is 5.69 Å². The smallest absolute Gasteiger partial charge is 0.221 e. The molecule has 25 heavy (non-hydrogen) atoms. The normalized spacial score (nSPS) is 11.5. The van der Waals surface area contributed by atoms with Crippen LogP contribution in [0, 0.1) is 0 Å². The molecule has 0 aliphatic heterocycles. The molecule has 0 aliphatic rings. The highest BCUT2D eigenvalue weighted by atomic mass is 16.5. The summed E-state index contributed by atoms with van der Waals surface area (Å²) in [4.78, 5) is 4.76. The van der Waals surface area contributed by atoms with Gasteiger partial charge in [-0.2, -0.15) is 0 Å². The van der Waals surface area contributed by atoms with E-state index in [0.29, 0.717) is 0 Å². The zero-order valence-corrected chi connectivity index (χ0v) is 15.7. The number of unbranched alkanes of at least 4 members (excludes halogenated alkanes) is 4. The van der Waals surface area contributed by atoms with Crippen LogP contribution < -0.4 is 0 Å². The van der Waals surface area contributed by atoms with Crippen molar-refractivity contribution >= 4 is 11.6 Å². The molecule has 0 atom stereocenters. The first-order chi connectivity index (χ1) is 12.3. The number of nitrogens with zero attached hydrogens (tertiary/aromatic N) is 1. The van der Waals surface area contributed by atoms with Gasteiger partial charge in [-0.3, -0.25) is 0 Å². The van der Waals surface area contributed by atoms with E-state index in [9.17, 15) is 0 Å². The second-order valence-electron chi connectivity index (χ2n) is 6.46. The quantitative estimate of drug-likeness (QED) is 0.268. The second kappa shape index (κ2) is 11.5. The number of ether oxygens (including phenoxy) is 1. The van der Waals surface area contributed by atoms with E-state index in [2.05, 4.69) is 50.2 Å². The summed E-state index contributed by atoms with van der Waals surface area (Å²) in [7, 11) is 0. The Morgan fingerprint density at radius 3 is 2.20 bits per heavy atom. The average Bonchev–Trinajstić information content (AvgIpc) is 2.67. The van der Waals surface area contributed by atoms with Crippen LogP contribution in [0.2, 0.25) is 0 Å². The lowest BCUT2D eigenvalue weighted by Crippen LogP contribution is -2.08. The fourth-order valence-corrected chi connectivity index (χ4v) is 2.69. The van der Waals surface area contributed by atoms with Crippen molar-refractivity contribution in [1.82, 2.24) is 0 Å². The van der Waals surface area contributed by atoms with E-state index in [1.54, 1.807) is 0 Å². The van der Waals surface area contributed by atoms with E-state index in [4.69, 9.17) is 9.73 Å². The first kappa shape index (κ1) is 19.2. The first-order valence-corrected chi connectivity index (χ1v) is 9.69. The fraction of sp³-hybridized carbons (Fsp3) is 0.435. The van der Waals surface area contributed by atoms with Crippen molar-refractivity contribution in [1.29, 1.82) is 0 Å². The Morgan fingerprint density at radius 2 is 1.52 bits per heavy atom. The summed E-state index contributed by atoms with van der Waals surface area (Å²) in [5.74, 6) is 0.721. The van der Waals surface area contributed by atoms with Gasteiger partial charge in [-0.1, -0.05) is 69.9 Å². The van der Waals surface area contributed by atoms with E-state index in [1.165, 1.54) is 37.7 Å².